The molecule has 2 N–H and O–H groups in total. The Labute approximate surface area is 185 Å². The smallest absolute Gasteiger partial charge is 0.281 e. The van der Waals surface area contributed by atoms with Gasteiger partial charge >= 0.3 is 0 Å². The van der Waals surface area contributed by atoms with Gasteiger partial charge in [0, 0.05) is 10.1 Å². The van der Waals surface area contributed by atoms with Crippen LogP contribution in [0.3, 0.4) is 0 Å². The van der Waals surface area contributed by atoms with Crippen LogP contribution >= 0.6 is 38.9 Å². The van der Waals surface area contributed by atoms with Crippen molar-refractivity contribution in [3.63, 3.8) is 0 Å². The Kier molecular flexibility index (Phi) is 7.00. The van der Waals surface area contributed by atoms with E-state index in [1.807, 2.05) is 12.1 Å². The summed E-state index contributed by atoms with van der Waals surface area (Å²) in [6.07, 6.45) is 0.901. The Morgan fingerprint density at radius 3 is 2.66 bits per heavy atom. The third-order valence-corrected chi connectivity index (χ3v) is 6.40. The fourth-order valence-corrected chi connectivity index (χ4v) is 4.54. The number of ether oxygens (including phenoxy) is 2. The Hall–Kier alpha value is -2.29. The van der Waals surface area contributed by atoms with Crippen molar-refractivity contribution in [2.24, 2.45) is 0 Å². The lowest BCUT2D eigenvalue weighted by molar-refractivity contribution is -0.123. The third kappa shape index (κ3) is 5.01. The van der Waals surface area contributed by atoms with Crippen LogP contribution in [0, 0.1) is 0 Å². The molecule has 0 spiro atoms. The topological polar surface area (TPSA) is 76.7 Å². The second-order valence-corrected chi connectivity index (χ2v) is 8.30. The van der Waals surface area contributed by atoms with Crippen LogP contribution < -0.4 is 20.3 Å². The van der Waals surface area contributed by atoms with Gasteiger partial charge in [0.1, 0.15) is 16.4 Å². The lowest BCUT2D eigenvalue weighted by Gasteiger charge is -2.10. The highest BCUT2D eigenvalue weighted by Gasteiger charge is 2.18. The molecule has 0 aliphatic rings. The molecule has 2 aromatic carbocycles. The van der Waals surface area contributed by atoms with Gasteiger partial charge in [-0.05, 0) is 58.2 Å². The van der Waals surface area contributed by atoms with Gasteiger partial charge in [0.05, 0.1) is 16.6 Å². The number of hydrogen-bond donors (Lipinski definition) is 2. The molecule has 2 amide bonds. The monoisotopic (exact) mass is 496 g/mol. The number of nitrogens with one attached hydrogen (secondary N) is 2. The Bertz CT molecular complexity index is 1070. The number of fused-ring (bicyclic) bond motifs is 1. The minimum absolute atomic E-state index is 0.248. The summed E-state index contributed by atoms with van der Waals surface area (Å²) in [5, 5.41) is 1.08. The average molecular weight is 498 g/mol. The van der Waals surface area contributed by atoms with Gasteiger partial charge in [0.2, 0.25) is 0 Å². The maximum absolute atomic E-state index is 12.4. The molecule has 0 aliphatic heterocycles. The van der Waals surface area contributed by atoms with E-state index in [0.29, 0.717) is 21.4 Å². The Balaban J connectivity index is 1.58. The first-order chi connectivity index (χ1) is 13.9. The second kappa shape index (κ2) is 9.47. The molecule has 1 aromatic heterocycles. The highest BCUT2D eigenvalue weighted by molar-refractivity contribution is 9.10. The molecule has 0 unspecified atom stereocenters. The molecular weight excluding hydrogens is 480 g/mol. The molecule has 152 valence electrons. The van der Waals surface area contributed by atoms with E-state index >= 15 is 0 Å². The van der Waals surface area contributed by atoms with Crippen LogP contribution in [0.2, 0.25) is 5.02 Å². The van der Waals surface area contributed by atoms with Gasteiger partial charge in [-0.15, -0.1) is 11.3 Å². The molecular formula is C20H18BrClN2O4S. The van der Waals surface area contributed by atoms with E-state index in [2.05, 4.69) is 33.7 Å². The largest absolute Gasteiger partial charge is 0.497 e. The van der Waals surface area contributed by atoms with Crippen molar-refractivity contribution in [2.75, 3.05) is 13.7 Å². The van der Waals surface area contributed by atoms with Crippen molar-refractivity contribution in [1.29, 1.82) is 0 Å². The lowest BCUT2D eigenvalue weighted by atomic mass is 10.2. The van der Waals surface area contributed by atoms with E-state index in [4.69, 9.17) is 21.1 Å². The van der Waals surface area contributed by atoms with Gasteiger partial charge < -0.3 is 9.47 Å². The van der Waals surface area contributed by atoms with Crippen LogP contribution in [0.4, 0.5) is 0 Å². The number of hydrogen-bond acceptors (Lipinski definition) is 5. The van der Waals surface area contributed by atoms with Crippen molar-refractivity contribution >= 4 is 60.8 Å². The number of methoxy groups -OCH3 is 1. The van der Waals surface area contributed by atoms with Crippen LogP contribution in [0.5, 0.6) is 11.5 Å². The summed E-state index contributed by atoms with van der Waals surface area (Å²) in [5.74, 6) is 0.219. The van der Waals surface area contributed by atoms with Gasteiger partial charge in [0.15, 0.2) is 6.61 Å². The first kappa shape index (κ1) is 21.4. The quantitative estimate of drug-likeness (QED) is 0.483. The van der Waals surface area contributed by atoms with Crippen LogP contribution in [0.1, 0.15) is 22.2 Å². The fourth-order valence-electron chi connectivity index (χ4n) is 2.56. The summed E-state index contributed by atoms with van der Waals surface area (Å²) in [4.78, 5) is 24.7. The van der Waals surface area contributed by atoms with Crippen molar-refractivity contribution in [3.8, 4) is 11.5 Å². The minimum Gasteiger partial charge on any atom is -0.497 e. The van der Waals surface area contributed by atoms with Crippen molar-refractivity contribution < 1.29 is 19.1 Å². The first-order valence-corrected chi connectivity index (χ1v) is 10.7. The molecule has 0 fully saturated rings. The molecule has 0 saturated heterocycles. The van der Waals surface area contributed by atoms with Crippen LogP contribution in [-0.2, 0) is 11.2 Å². The standard InChI is InChI=1S/C20H18BrClN2O4S/c1-3-11-4-7-15(14(21)8-11)28-10-17(25)23-24-20(26)19-18(22)13-6-5-12(27-2)9-16(13)29-19/h4-9H,3,10H2,1-2H3,(H,23,25)(H,24,26). The molecule has 9 heteroatoms. The van der Waals surface area contributed by atoms with Crippen molar-refractivity contribution in [3.05, 3.63) is 56.3 Å². The molecule has 0 aliphatic carbocycles. The lowest BCUT2D eigenvalue weighted by Crippen LogP contribution is -2.43. The number of carbonyl (C=O) groups is 2. The summed E-state index contributed by atoms with van der Waals surface area (Å²) in [5.41, 5.74) is 5.85. The van der Waals surface area contributed by atoms with Crippen molar-refractivity contribution in [1.82, 2.24) is 10.9 Å². The van der Waals surface area contributed by atoms with E-state index in [-0.39, 0.29) is 6.61 Å². The van der Waals surface area contributed by atoms with Gasteiger partial charge in [0.25, 0.3) is 11.8 Å². The van der Waals surface area contributed by atoms with Crippen LogP contribution in [-0.4, -0.2) is 25.5 Å². The summed E-state index contributed by atoms with van der Waals surface area (Å²) >= 11 is 10.9. The molecule has 6 nitrogen and oxygen atoms in total. The van der Waals surface area contributed by atoms with Crippen LogP contribution in [0.25, 0.3) is 10.1 Å². The number of aryl methyl sites for hydroxylation is 1. The fraction of sp³-hybridized carbons (Fsp3) is 0.200. The Morgan fingerprint density at radius 2 is 1.97 bits per heavy atom. The number of rotatable bonds is 6. The highest BCUT2D eigenvalue weighted by atomic mass is 79.9. The zero-order chi connectivity index (χ0) is 21.0. The SMILES string of the molecule is CCc1ccc(OCC(=O)NNC(=O)c2sc3cc(OC)ccc3c2Cl)c(Br)c1. The second-order valence-electron chi connectivity index (χ2n) is 6.02. The summed E-state index contributed by atoms with van der Waals surface area (Å²) in [6, 6.07) is 11.0. The predicted molar refractivity (Wildman–Crippen MR) is 118 cm³/mol. The predicted octanol–water partition coefficient (Wildman–Crippen LogP) is 4.73. The van der Waals surface area contributed by atoms with E-state index in [9.17, 15) is 9.59 Å². The summed E-state index contributed by atoms with van der Waals surface area (Å²) in [7, 11) is 1.57. The van der Waals surface area contributed by atoms with Gasteiger partial charge in [-0.1, -0.05) is 24.6 Å². The number of benzene rings is 2. The molecule has 0 atom stereocenters. The van der Waals surface area contributed by atoms with Gasteiger partial charge in [-0.2, -0.15) is 0 Å². The zero-order valence-electron chi connectivity index (χ0n) is 15.7. The van der Waals surface area contributed by atoms with Gasteiger partial charge in [-0.25, -0.2) is 0 Å². The van der Waals surface area contributed by atoms with Gasteiger partial charge in [-0.3, -0.25) is 20.4 Å². The molecule has 0 radical (unpaired) electrons. The molecule has 29 heavy (non-hydrogen) atoms. The number of thiophene rings is 1. The zero-order valence-corrected chi connectivity index (χ0v) is 18.8. The molecule has 1 heterocycles. The summed E-state index contributed by atoms with van der Waals surface area (Å²) in [6.45, 7) is 1.81. The number of halogens is 2. The number of hydrazine groups is 1. The van der Waals surface area contributed by atoms with E-state index in [1.165, 1.54) is 11.3 Å². The highest BCUT2D eigenvalue weighted by Crippen LogP contribution is 2.37. The van der Waals surface area contributed by atoms with E-state index in [1.54, 1.807) is 31.4 Å². The third-order valence-electron chi connectivity index (χ3n) is 4.12. The number of carbonyl (C=O) groups excluding carboxylic acids is 2. The van der Waals surface area contributed by atoms with Crippen LogP contribution in [0.15, 0.2) is 40.9 Å². The Morgan fingerprint density at radius 1 is 1.17 bits per heavy atom. The minimum atomic E-state index is -0.503. The molecule has 3 aromatic rings. The first-order valence-electron chi connectivity index (χ1n) is 8.69. The molecule has 0 saturated carbocycles. The normalized spacial score (nSPS) is 10.6. The maximum Gasteiger partial charge on any atom is 0.281 e. The maximum atomic E-state index is 12.4. The van der Waals surface area contributed by atoms with E-state index < -0.39 is 11.8 Å². The van der Waals surface area contributed by atoms with E-state index in [0.717, 1.165) is 26.5 Å². The van der Waals surface area contributed by atoms with Crippen molar-refractivity contribution in [2.45, 2.75) is 13.3 Å². The number of amides is 2. The molecule has 0 bridgehead atoms. The average Bonchev–Trinajstić information content (AvgIpc) is 3.06. The summed E-state index contributed by atoms with van der Waals surface area (Å²) < 4.78 is 12.2. The molecule has 3 rings (SSSR count).